The number of nitrogens with zero attached hydrogens (tertiary/aromatic N) is 1. The van der Waals surface area contributed by atoms with Crippen molar-refractivity contribution in [1.29, 1.82) is 0 Å². The number of hydrogen-bond acceptors (Lipinski definition) is 3. The van der Waals surface area contributed by atoms with E-state index in [4.69, 9.17) is 5.73 Å². The predicted molar refractivity (Wildman–Crippen MR) is 34.5 cm³/mol. The predicted octanol–water partition coefficient (Wildman–Crippen LogP) is -0.220. The molecule has 2 N–H and O–H groups in total. The molecule has 0 saturated heterocycles. The van der Waals surface area contributed by atoms with Gasteiger partial charge in [-0.1, -0.05) is 11.8 Å². The summed E-state index contributed by atoms with van der Waals surface area (Å²) in [6.07, 6.45) is 0. The third-order valence-electron chi connectivity index (χ3n) is 0.843. The van der Waals surface area contributed by atoms with Crippen molar-refractivity contribution in [2.24, 2.45) is 10.7 Å². The molecular formula is C4H4N2O2S. The largest absolute Gasteiger partial charge is 0.365 e. The summed E-state index contributed by atoms with van der Waals surface area (Å²) in [5.74, 6) is -0.276. The minimum absolute atomic E-state index is 0.171. The molecule has 0 unspecified atom stereocenters. The minimum Gasteiger partial charge on any atom is -0.365 e. The Balaban J connectivity index is 2.74. The molecule has 0 bridgehead atoms. The topological polar surface area (TPSA) is 72.5 Å². The van der Waals surface area contributed by atoms with E-state index in [2.05, 4.69) is 4.99 Å². The Bertz CT molecular complexity index is 199. The summed E-state index contributed by atoms with van der Waals surface area (Å²) in [6, 6.07) is 0. The Morgan fingerprint density at radius 2 is 2.44 bits per heavy atom. The third kappa shape index (κ3) is 1.29. The lowest BCUT2D eigenvalue weighted by Gasteiger charge is -1.84. The average molecular weight is 144 g/mol. The van der Waals surface area contributed by atoms with Crippen molar-refractivity contribution in [3.63, 3.8) is 0 Å². The lowest BCUT2D eigenvalue weighted by molar-refractivity contribution is -0.112. The number of primary amides is 1. The molecule has 0 fully saturated rings. The highest BCUT2D eigenvalue weighted by Gasteiger charge is 2.18. The molecule has 1 heterocycles. The van der Waals surface area contributed by atoms with Crippen LogP contribution in [0.5, 0.6) is 0 Å². The quantitative estimate of drug-likeness (QED) is 0.553. The van der Waals surface area contributed by atoms with E-state index in [-0.39, 0.29) is 11.0 Å². The van der Waals surface area contributed by atoms with Crippen molar-refractivity contribution in [2.75, 3.05) is 5.75 Å². The minimum atomic E-state index is -0.603. The second-order valence-electron chi connectivity index (χ2n) is 1.48. The van der Waals surface area contributed by atoms with Crippen LogP contribution in [0.2, 0.25) is 0 Å². The number of amides is 2. The molecule has 0 aromatic heterocycles. The smallest absolute Gasteiger partial charge is 0.305 e. The maximum Gasteiger partial charge on any atom is 0.305 e. The fourth-order valence-corrected chi connectivity index (χ4v) is 1.07. The molecule has 9 heavy (non-hydrogen) atoms. The SMILES string of the molecule is NC(=O)C1=NC(=O)SC1. The van der Waals surface area contributed by atoms with Gasteiger partial charge < -0.3 is 5.73 Å². The lowest BCUT2D eigenvalue weighted by atomic mass is 10.4. The van der Waals surface area contributed by atoms with Crippen LogP contribution in [0.1, 0.15) is 0 Å². The molecule has 4 nitrogen and oxygen atoms in total. The molecule has 0 saturated carbocycles. The molecule has 0 atom stereocenters. The van der Waals surface area contributed by atoms with E-state index in [0.717, 1.165) is 11.8 Å². The molecule has 48 valence electrons. The highest BCUT2D eigenvalue weighted by atomic mass is 32.2. The van der Waals surface area contributed by atoms with Gasteiger partial charge in [-0.15, -0.1) is 0 Å². The van der Waals surface area contributed by atoms with Gasteiger partial charge in [0, 0.05) is 0 Å². The Kier molecular flexibility index (Phi) is 1.52. The van der Waals surface area contributed by atoms with Gasteiger partial charge in [0.25, 0.3) is 5.91 Å². The Hall–Kier alpha value is -0.840. The van der Waals surface area contributed by atoms with E-state index in [0.29, 0.717) is 5.75 Å². The highest BCUT2D eigenvalue weighted by Crippen LogP contribution is 2.12. The highest BCUT2D eigenvalue weighted by molar-refractivity contribution is 8.14. The van der Waals surface area contributed by atoms with Crippen molar-refractivity contribution in [3.05, 3.63) is 0 Å². The number of carbonyl (C=O) groups is 2. The molecule has 1 aliphatic heterocycles. The van der Waals surface area contributed by atoms with E-state index < -0.39 is 5.91 Å². The molecule has 0 aliphatic carbocycles. The Labute approximate surface area is 55.5 Å². The maximum absolute atomic E-state index is 10.3. The fourth-order valence-electron chi connectivity index (χ4n) is 0.431. The van der Waals surface area contributed by atoms with Gasteiger partial charge in [0.2, 0.25) is 0 Å². The number of hydrogen-bond donors (Lipinski definition) is 1. The Morgan fingerprint density at radius 1 is 1.78 bits per heavy atom. The molecule has 2 amide bonds. The maximum atomic E-state index is 10.3. The Morgan fingerprint density at radius 3 is 2.67 bits per heavy atom. The number of aliphatic imine (C=N–C) groups is 1. The summed E-state index contributed by atoms with van der Waals surface area (Å²) in [7, 11) is 0. The summed E-state index contributed by atoms with van der Waals surface area (Å²) in [4.78, 5) is 24.0. The first-order chi connectivity index (χ1) is 4.20. The van der Waals surface area contributed by atoms with Gasteiger partial charge in [0.1, 0.15) is 5.71 Å². The molecule has 0 radical (unpaired) electrons. The van der Waals surface area contributed by atoms with Crippen LogP contribution in [0.4, 0.5) is 4.79 Å². The summed E-state index contributed by atoms with van der Waals surface area (Å²) in [6.45, 7) is 0. The second kappa shape index (κ2) is 2.18. The molecule has 1 rings (SSSR count). The van der Waals surface area contributed by atoms with E-state index in [1.165, 1.54) is 0 Å². The van der Waals surface area contributed by atoms with E-state index >= 15 is 0 Å². The number of nitrogens with two attached hydrogens (primary N) is 1. The van der Waals surface area contributed by atoms with Crippen LogP contribution in [0.25, 0.3) is 0 Å². The average Bonchev–Trinajstić information content (AvgIpc) is 2.14. The molecular weight excluding hydrogens is 140 g/mol. The molecule has 0 aromatic rings. The van der Waals surface area contributed by atoms with Crippen LogP contribution in [0.3, 0.4) is 0 Å². The van der Waals surface area contributed by atoms with Crippen molar-refractivity contribution >= 4 is 28.6 Å². The van der Waals surface area contributed by atoms with Crippen LogP contribution in [0, 0.1) is 0 Å². The van der Waals surface area contributed by atoms with Gasteiger partial charge in [0.05, 0.1) is 5.75 Å². The van der Waals surface area contributed by atoms with E-state index in [1.54, 1.807) is 0 Å². The van der Waals surface area contributed by atoms with Crippen molar-refractivity contribution < 1.29 is 9.59 Å². The van der Waals surface area contributed by atoms with Gasteiger partial charge in [-0.25, -0.2) is 4.99 Å². The first-order valence-electron chi connectivity index (χ1n) is 2.24. The normalized spacial score (nSPS) is 17.8. The van der Waals surface area contributed by atoms with E-state index in [1.807, 2.05) is 0 Å². The van der Waals surface area contributed by atoms with Gasteiger partial charge in [-0.05, 0) is 0 Å². The lowest BCUT2D eigenvalue weighted by Crippen LogP contribution is -2.23. The van der Waals surface area contributed by atoms with Crippen molar-refractivity contribution in [1.82, 2.24) is 0 Å². The zero-order valence-corrected chi connectivity index (χ0v) is 5.27. The number of rotatable bonds is 1. The molecule has 1 aliphatic rings. The van der Waals surface area contributed by atoms with Crippen LogP contribution in [-0.2, 0) is 4.79 Å². The summed E-state index contributed by atoms with van der Waals surface area (Å²) in [5.41, 5.74) is 5.00. The van der Waals surface area contributed by atoms with E-state index in [9.17, 15) is 9.59 Å². The van der Waals surface area contributed by atoms with Gasteiger partial charge in [-0.3, -0.25) is 9.59 Å². The first-order valence-corrected chi connectivity index (χ1v) is 3.23. The monoisotopic (exact) mass is 144 g/mol. The van der Waals surface area contributed by atoms with Gasteiger partial charge in [0.15, 0.2) is 0 Å². The first kappa shape index (κ1) is 6.28. The molecule has 0 spiro atoms. The zero-order chi connectivity index (χ0) is 6.85. The number of thioether (sulfide) groups is 1. The summed E-state index contributed by atoms with van der Waals surface area (Å²) < 4.78 is 0. The van der Waals surface area contributed by atoms with Gasteiger partial charge >= 0.3 is 5.24 Å². The molecule has 5 heteroatoms. The summed E-state index contributed by atoms with van der Waals surface area (Å²) >= 11 is 0.990. The van der Waals surface area contributed by atoms with Gasteiger partial charge in [-0.2, -0.15) is 0 Å². The van der Waals surface area contributed by atoms with Crippen molar-refractivity contribution in [2.45, 2.75) is 0 Å². The van der Waals surface area contributed by atoms with Crippen LogP contribution in [-0.4, -0.2) is 22.6 Å². The van der Waals surface area contributed by atoms with Crippen LogP contribution < -0.4 is 5.73 Å². The molecule has 0 aromatic carbocycles. The third-order valence-corrected chi connectivity index (χ3v) is 1.60. The summed E-state index contributed by atoms with van der Waals surface area (Å²) in [5, 5.41) is -0.330. The number of carbonyl (C=O) groups excluding carboxylic acids is 2. The van der Waals surface area contributed by atoms with Crippen LogP contribution >= 0.6 is 11.8 Å². The standard InChI is InChI=1S/C4H4N2O2S/c5-3(7)2-1-9-4(8)6-2/h1H2,(H2,5,7). The van der Waals surface area contributed by atoms with Crippen LogP contribution in [0.15, 0.2) is 4.99 Å². The fraction of sp³-hybridized carbons (Fsp3) is 0.250. The van der Waals surface area contributed by atoms with Crippen molar-refractivity contribution in [3.8, 4) is 0 Å². The second-order valence-corrected chi connectivity index (χ2v) is 2.40. The zero-order valence-electron chi connectivity index (χ0n) is 4.46.